The molecule has 2 fully saturated rings. The van der Waals surface area contributed by atoms with Gasteiger partial charge in [0.2, 0.25) is 0 Å². The van der Waals surface area contributed by atoms with E-state index < -0.39 is 0 Å². The zero-order chi connectivity index (χ0) is 11.4. The van der Waals surface area contributed by atoms with Gasteiger partial charge in [0.05, 0.1) is 0 Å². The summed E-state index contributed by atoms with van der Waals surface area (Å²) in [5, 5.41) is 3.77. The van der Waals surface area contributed by atoms with E-state index in [-0.39, 0.29) is 0 Å². The van der Waals surface area contributed by atoms with Crippen molar-refractivity contribution in [3.63, 3.8) is 0 Å². The standard InChI is InChI=1S/C14H28N2/c1-12-11-14(8-10-16(12)2)15-9-7-13-5-3-4-6-13/h12-15H,3-11H2,1-2H3. The molecule has 1 saturated heterocycles. The summed E-state index contributed by atoms with van der Waals surface area (Å²) in [7, 11) is 2.25. The first kappa shape index (κ1) is 12.4. The molecule has 0 aromatic rings. The molecule has 0 bridgehead atoms. The van der Waals surface area contributed by atoms with Gasteiger partial charge in [0, 0.05) is 12.1 Å². The van der Waals surface area contributed by atoms with Crippen LogP contribution in [0.1, 0.15) is 51.9 Å². The minimum Gasteiger partial charge on any atom is -0.314 e. The molecule has 2 atom stereocenters. The van der Waals surface area contributed by atoms with Gasteiger partial charge in [-0.25, -0.2) is 0 Å². The van der Waals surface area contributed by atoms with E-state index in [1.807, 2.05) is 0 Å². The molecule has 1 aliphatic carbocycles. The lowest BCUT2D eigenvalue weighted by Gasteiger charge is -2.35. The number of nitrogens with one attached hydrogen (secondary N) is 1. The van der Waals surface area contributed by atoms with Crippen LogP contribution in [-0.2, 0) is 0 Å². The highest BCUT2D eigenvalue weighted by Crippen LogP contribution is 2.27. The molecule has 0 amide bonds. The van der Waals surface area contributed by atoms with E-state index in [0.29, 0.717) is 0 Å². The molecule has 1 N–H and O–H groups in total. The zero-order valence-electron chi connectivity index (χ0n) is 11.0. The van der Waals surface area contributed by atoms with Crippen molar-refractivity contribution >= 4 is 0 Å². The van der Waals surface area contributed by atoms with Crippen LogP contribution in [0.4, 0.5) is 0 Å². The summed E-state index contributed by atoms with van der Waals surface area (Å²) in [5.74, 6) is 1.04. The first-order valence-corrected chi connectivity index (χ1v) is 7.19. The summed E-state index contributed by atoms with van der Waals surface area (Å²) < 4.78 is 0. The molecule has 1 saturated carbocycles. The summed E-state index contributed by atoms with van der Waals surface area (Å²) in [6.07, 6.45) is 10.0. The highest BCUT2D eigenvalue weighted by molar-refractivity contribution is 4.81. The van der Waals surface area contributed by atoms with Gasteiger partial charge >= 0.3 is 0 Å². The number of hydrogen-bond donors (Lipinski definition) is 1. The molecular weight excluding hydrogens is 196 g/mol. The predicted molar refractivity (Wildman–Crippen MR) is 69.7 cm³/mol. The Morgan fingerprint density at radius 2 is 1.94 bits per heavy atom. The van der Waals surface area contributed by atoms with Crippen LogP contribution in [0.25, 0.3) is 0 Å². The van der Waals surface area contributed by atoms with Crippen molar-refractivity contribution in [2.24, 2.45) is 5.92 Å². The Kier molecular flexibility index (Phi) is 4.66. The van der Waals surface area contributed by atoms with Gasteiger partial charge in [-0.3, -0.25) is 0 Å². The third-order valence-corrected chi connectivity index (χ3v) is 4.67. The molecule has 0 spiro atoms. The lowest BCUT2D eigenvalue weighted by Crippen LogP contribution is -2.45. The predicted octanol–water partition coefficient (Wildman–Crippen LogP) is 2.64. The average molecular weight is 224 g/mol. The summed E-state index contributed by atoms with van der Waals surface area (Å²) >= 11 is 0. The monoisotopic (exact) mass is 224 g/mol. The maximum Gasteiger partial charge on any atom is 0.00940 e. The fraction of sp³-hybridized carbons (Fsp3) is 1.00. The molecule has 16 heavy (non-hydrogen) atoms. The molecule has 94 valence electrons. The van der Waals surface area contributed by atoms with Gasteiger partial charge in [0.1, 0.15) is 0 Å². The van der Waals surface area contributed by atoms with E-state index in [1.165, 1.54) is 58.0 Å². The summed E-state index contributed by atoms with van der Waals surface area (Å²) in [6, 6.07) is 1.55. The summed E-state index contributed by atoms with van der Waals surface area (Å²) in [4.78, 5) is 2.48. The minimum absolute atomic E-state index is 0.762. The molecular formula is C14H28N2. The van der Waals surface area contributed by atoms with Crippen molar-refractivity contribution in [2.75, 3.05) is 20.1 Å². The van der Waals surface area contributed by atoms with Crippen LogP contribution in [0.2, 0.25) is 0 Å². The second kappa shape index (κ2) is 6.02. The summed E-state index contributed by atoms with van der Waals surface area (Å²) in [6.45, 7) is 4.87. The van der Waals surface area contributed by atoms with Crippen LogP contribution < -0.4 is 5.32 Å². The van der Waals surface area contributed by atoms with Crippen LogP contribution in [0.3, 0.4) is 0 Å². The third-order valence-electron chi connectivity index (χ3n) is 4.67. The number of likely N-dealkylation sites (tertiary alicyclic amines) is 1. The number of hydrogen-bond acceptors (Lipinski definition) is 2. The van der Waals surface area contributed by atoms with Crippen molar-refractivity contribution in [2.45, 2.75) is 64.0 Å². The highest BCUT2D eigenvalue weighted by atomic mass is 15.1. The first-order chi connectivity index (χ1) is 7.75. The average Bonchev–Trinajstić information content (AvgIpc) is 2.76. The maximum atomic E-state index is 3.77. The van der Waals surface area contributed by atoms with E-state index in [2.05, 4.69) is 24.2 Å². The van der Waals surface area contributed by atoms with Gasteiger partial charge < -0.3 is 10.2 Å². The first-order valence-electron chi connectivity index (χ1n) is 7.19. The molecule has 2 unspecified atom stereocenters. The fourth-order valence-electron chi connectivity index (χ4n) is 3.27. The molecule has 2 rings (SSSR count). The van der Waals surface area contributed by atoms with Crippen LogP contribution in [0.5, 0.6) is 0 Å². The maximum absolute atomic E-state index is 3.77. The van der Waals surface area contributed by atoms with Crippen molar-refractivity contribution in [3.05, 3.63) is 0 Å². The lowest BCUT2D eigenvalue weighted by atomic mass is 9.98. The topological polar surface area (TPSA) is 15.3 Å². The van der Waals surface area contributed by atoms with Gasteiger partial charge in [-0.1, -0.05) is 25.7 Å². The molecule has 0 radical (unpaired) electrons. The lowest BCUT2D eigenvalue weighted by molar-refractivity contribution is 0.168. The Bertz CT molecular complexity index is 199. The van der Waals surface area contributed by atoms with E-state index in [0.717, 1.165) is 18.0 Å². The normalized spacial score (nSPS) is 33.4. The van der Waals surface area contributed by atoms with Crippen LogP contribution in [0, 0.1) is 5.92 Å². The van der Waals surface area contributed by atoms with Crippen LogP contribution in [0.15, 0.2) is 0 Å². The van der Waals surface area contributed by atoms with E-state index >= 15 is 0 Å². The molecule has 1 aliphatic heterocycles. The van der Waals surface area contributed by atoms with Gasteiger partial charge in [0.25, 0.3) is 0 Å². The summed E-state index contributed by atoms with van der Waals surface area (Å²) in [5.41, 5.74) is 0. The third kappa shape index (κ3) is 3.46. The molecule has 0 aromatic carbocycles. The largest absolute Gasteiger partial charge is 0.314 e. The van der Waals surface area contributed by atoms with Gasteiger partial charge in [-0.15, -0.1) is 0 Å². The molecule has 1 heterocycles. The van der Waals surface area contributed by atoms with Crippen molar-refractivity contribution in [1.82, 2.24) is 10.2 Å². The Balaban J connectivity index is 1.59. The van der Waals surface area contributed by atoms with Crippen molar-refractivity contribution < 1.29 is 0 Å². The van der Waals surface area contributed by atoms with E-state index in [4.69, 9.17) is 0 Å². The second-order valence-corrected chi connectivity index (χ2v) is 5.94. The molecule has 0 aromatic heterocycles. The molecule has 2 heteroatoms. The Labute approximate surface area is 101 Å². The highest BCUT2D eigenvalue weighted by Gasteiger charge is 2.22. The van der Waals surface area contributed by atoms with E-state index in [1.54, 1.807) is 0 Å². The zero-order valence-corrected chi connectivity index (χ0v) is 11.0. The van der Waals surface area contributed by atoms with Gasteiger partial charge in [0.15, 0.2) is 0 Å². The van der Waals surface area contributed by atoms with Gasteiger partial charge in [-0.2, -0.15) is 0 Å². The van der Waals surface area contributed by atoms with Gasteiger partial charge in [-0.05, 0) is 52.2 Å². The number of piperidine rings is 1. The van der Waals surface area contributed by atoms with Crippen LogP contribution >= 0.6 is 0 Å². The fourth-order valence-corrected chi connectivity index (χ4v) is 3.27. The number of rotatable bonds is 4. The Morgan fingerprint density at radius 1 is 1.19 bits per heavy atom. The number of nitrogens with zero attached hydrogens (tertiary/aromatic N) is 1. The minimum atomic E-state index is 0.762. The van der Waals surface area contributed by atoms with E-state index in [9.17, 15) is 0 Å². The Hall–Kier alpha value is -0.0800. The molecule has 2 aliphatic rings. The smallest absolute Gasteiger partial charge is 0.00940 e. The van der Waals surface area contributed by atoms with Crippen molar-refractivity contribution in [3.8, 4) is 0 Å². The SMILES string of the molecule is CC1CC(NCCC2CCCC2)CCN1C. The molecule has 2 nitrogen and oxygen atoms in total. The van der Waals surface area contributed by atoms with Crippen LogP contribution in [-0.4, -0.2) is 37.1 Å². The Morgan fingerprint density at radius 3 is 2.62 bits per heavy atom. The second-order valence-electron chi connectivity index (χ2n) is 5.94. The quantitative estimate of drug-likeness (QED) is 0.790. The van der Waals surface area contributed by atoms with Crippen molar-refractivity contribution in [1.29, 1.82) is 0 Å².